The van der Waals surface area contributed by atoms with Gasteiger partial charge in [0.25, 0.3) is 0 Å². The van der Waals surface area contributed by atoms with E-state index in [-0.39, 0.29) is 5.38 Å². The van der Waals surface area contributed by atoms with Crippen molar-refractivity contribution in [2.75, 3.05) is 13.1 Å². The van der Waals surface area contributed by atoms with Crippen molar-refractivity contribution in [3.63, 3.8) is 0 Å². The molecule has 1 aromatic rings. The van der Waals surface area contributed by atoms with Gasteiger partial charge in [-0.2, -0.15) is 13.2 Å². The third kappa shape index (κ3) is 3.86. The lowest BCUT2D eigenvalue weighted by atomic mass is 9.99. The van der Waals surface area contributed by atoms with E-state index >= 15 is 0 Å². The second-order valence-corrected chi connectivity index (χ2v) is 5.78. The van der Waals surface area contributed by atoms with E-state index in [1.54, 1.807) is 6.07 Å². The van der Waals surface area contributed by atoms with Crippen LogP contribution in [-0.2, 0) is 12.7 Å². The highest BCUT2D eigenvalue weighted by molar-refractivity contribution is 6.20. The van der Waals surface area contributed by atoms with E-state index in [0.29, 0.717) is 18.0 Å². The SMILES string of the molecule is CC1CN(Cc2cccc(C(F)(F)F)c2)CCC1Cl. The van der Waals surface area contributed by atoms with Crippen LogP contribution in [0, 0.1) is 5.92 Å². The van der Waals surface area contributed by atoms with Gasteiger partial charge in [-0.1, -0.05) is 25.1 Å². The molecule has 19 heavy (non-hydrogen) atoms. The molecule has 5 heteroatoms. The number of hydrogen-bond acceptors (Lipinski definition) is 1. The van der Waals surface area contributed by atoms with Crippen LogP contribution < -0.4 is 0 Å². The highest BCUT2D eigenvalue weighted by Gasteiger charge is 2.30. The number of benzene rings is 1. The van der Waals surface area contributed by atoms with Crippen molar-refractivity contribution >= 4 is 11.6 Å². The first-order valence-corrected chi connectivity index (χ1v) is 6.82. The van der Waals surface area contributed by atoms with Crippen LogP contribution in [0.1, 0.15) is 24.5 Å². The number of rotatable bonds is 2. The molecule has 0 saturated carbocycles. The summed E-state index contributed by atoms with van der Waals surface area (Å²) in [5.41, 5.74) is 0.125. The van der Waals surface area contributed by atoms with E-state index in [9.17, 15) is 13.2 Å². The fraction of sp³-hybridized carbons (Fsp3) is 0.571. The third-order valence-corrected chi connectivity index (χ3v) is 4.19. The molecule has 1 aliphatic heterocycles. The minimum atomic E-state index is -4.27. The maximum atomic E-state index is 12.6. The molecule has 0 bridgehead atoms. The minimum Gasteiger partial charge on any atom is -0.299 e. The fourth-order valence-electron chi connectivity index (χ4n) is 2.45. The first kappa shape index (κ1) is 14.7. The van der Waals surface area contributed by atoms with Gasteiger partial charge in [0.1, 0.15) is 0 Å². The fourth-order valence-corrected chi connectivity index (χ4v) is 2.63. The van der Waals surface area contributed by atoms with Gasteiger partial charge in [-0.25, -0.2) is 0 Å². The number of halogens is 4. The predicted molar refractivity (Wildman–Crippen MR) is 70.1 cm³/mol. The molecule has 1 aromatic carbocycles. The molecule has 0 aromatic heterocycles. The molecule has 2 rings (SSSR count). The number of nitrogens with zero attached hydrogens (tertiary/aromatic N) is 1. The van der Waals surface area contributed by atoms with Crippen LogP contribution in [-0.4, -0.2) is 23.4 Å². The number of hydrogen-bond donors (Lipinski definition) is 0. The molecule has 1 fully saturated rings. The summed E-state index contributed by atoms with van der Waals surface area (Å²) in [7, 11) is 0. The molecule has 2 atom stereocenters. The molecule has 0 amide bonds. The zero-order valence-electron chi connectivity index (χ0n) is 10.8. The number of alkyl halides is 4. The Labute approximate surface area is 116 Å². The quantitative estimate of drug-likeness (QED) is 0.740. The lowest BCUT2D eigenvalue weighted by molar-refractivity contribution is -0.137. The van der Waals surface area contributed by atoms with Crippen LogP contribution in [0.4, 0.5) is 13.2 Å². The molecule has 0 spiro atoms. The van der Waals surface area contributed by atoms with Crippen LogP contribution in [0.5, 0.6) is 0 Å². The molecule has 1 aliphatic rings. The smallest absolute Gasteiger partial charge is 0.299 e. The Morgan fingerprint density at radius 3 is 2.74 bits per heavy atom. The standard InChI is InChI=1S/C14H17ClF3N/c1-10-8-19(6-5-13(10)15)9-11-3-2-4-12(7-11)14(16,17)18/h2-4,7,10,13H,5-6,8-9H2,1H3. The molecule has 1 heterocycles. The summed E-state index contributed by atoms with van der Waals surface area (Å²) in [5.74, 6) is 0.376. The van der Waals surface area contributed by atoms with Crippen molar-refractivity contribution in [2.24, 2.45) is 5.92 Å². The Balaban J connectivity index is 2.04. The summed E-state index contributed by atoms with van der Waals surface area (Å²) < 4.78 is 37.9. The minimum absolute atomic E-state index is 0.178. The number of piperidine rings is 1. The van der Waals surface area contributed by atoms with Gasteiger partial charge in [-0.05, 0) is 30.5 Å². The topological polar surface area (TPSA) is 3.24 Å². The van der Waals surface area contributed by atoms with Crippen molar-refractivity contribution in [1.82, 2.24) is 4.90 Å². The van der Waals surface area contributed by atoms with Crippen molar-refractivity contribution in [2.45, 2.75) is 31.4 Å². The average Bonchev–Trinajstić information content (AvgIpc) is 2.33. The van der Waals surface area contributed by atoms with Gasteiger partial charge in [-0.3, -0.25) is 4.90 Å². The summed E-state index contributed by atoms with van der Waals surface area (Å²) in [6.07, 6.45) is -3.38. The maximum absolute atomic E-state index is 12.6. The van der Waals surface area contributed by atoms with Gasteiger partial charge in [0, 0.05) is 18.5 Å². The summed E-state index contributed by atoms with van der Waals surface area (Å²) in [6.45, 7) is 4.31. The van der Waals surface area contributed by atoms with Gasteiger partial charge in [0.15, 0.2) is 0 Å². The molecular formula is C14H17ClF3N. The lowest BCUT2D eigenvalue weighted by Crippen LogP contribution is -2.39. The van der Waals surface area contributed by atoms with Gasteiger partial charge in [0.05, 0.1) is 5.56 Å². The molecule has 2 unspecified atom stereocenters. The second-order valence-electron chi connectivity index (χ2n) is 5.22. The second kappa shape index (κ2) is 5.71. The van der Waals surface area contributed by atoms with E-state index in [1.807, 2.05) is 0 Å². The van der Waals surface area contributed by atoms with E-state index in [0.717, 1.165) is 25.6 Å². The summed E-state index contributed by atoms with van der Waals surface area (Å²) in [4.78, 5) is 2.17. The Hall–Kier alpha value is -0.740. The lowest BCUT2D eigenvalue weighted by Gasteiger charge is -2.34. The Kier molecular flexibility index (Phi) is 4.41. The third-order valence-electron chi connectivity index (χ3n) is 3.55. The summed E-state index contributed by atoms with van der Waals surface area (Å²) in [6, 6.07) is 5.55. The van der Waals surface area contributed by atoms with E-state index in [4.69, 9.17) is 11.6 Å². The van der Waals surface area contributed by atoms with Crippen molar-refractivity contribution in [3.05, 3.63) is 35.4 Å². The zero-order chi connectivity index (χ0) is 14.0. The van der Waals surface area contributed by atoms with Crippen molar-refractivity contribution < 1.29 is 13.2 Å². The summed E-state index contributed by atoms with van der Waals surface area (Å²) >= 11 is 6.15. The van der Waals surface area contributed by atoms with E-state index < -0.39 is 11.7 Å². The zero-order valence-corrected chi connectivity index (χ0v) is 11.5. The summed E-state index contributed by atoms with van der Waals surface area (Å²) in [5, 5.41) is 0.178. The first-order valence-electron chi connectivity index (χ1n) is 6.39. The maximum Gasteiger partial charge on any atom is 0.416 e. The van der Waals surface area contributed by atoms with Gasteiger partial charge in [-0.15, -0.1) is 11.6 Å². The van der Waals surface area contributed by atoms with Gasteiger partial charge < -0.3 is 0 Å². The Bertz CT molecular complexity index is 433. The monoisotopic (exact) mass is 291 g/mol. The largest absolute Gasteiger partial charge is 0.416 e. The number of likely N-dealkylation sites (tertiary alicyclic amines) is 1. The molecular weight excluding hydrogens is 275 g/mol. The van der Waals surface area contributed by atoms with Crippen LogP contribution in [0.15, 0.2) is 24.3 Å². The molecule has 106 valence electrons. The Morgan fingerprint density at radius 2 is 2.11 bits per heavy atom. The highest BCUT2D eigenvalue weighted by atomic mass is 35.5. The van der Waals surface area contributed by atoms with Crippen LogP contribution >= 0.6 is 11.6 Å². The first-order chi connectivity index (χ1) is 8.86. The molecule has 1 nitrogen and oxygen atoms in total. The van der Waals surface area contributed by atoms with Crippen molar-refractivity contribution in [1.29, 1.82) is 0 Å². The van der Waals surface area contributed by atoms with Crippen LogP contribution in [0.25, 0.3) is 0 Å². The molecule has 1 saturated heterocycles. The molecule has 0 aliphatic carbocycles. The average molecular weight is 292 g/mol. The molecule has 0 N–H and O–H groups in total. The molecule has 0 radical (unpaired) electrons. The van der Waals surface area contributed by atoms with Crippen molar-refractivity contribution in [3.8, 4) is 0 Å². The van der Waals surface area contributed by atoms with E-state index in [1.165, 1.54) is 12.1 Å². The Morgan fingerprint density at radius 1 is 1.37 bits per heavy atom. The van der Waals surface area contributed by atoms with E-state index in [2.05, 4.69) is 11.8 Å². The van der Waals surface area contributed by atoms with Crippen LogP contribution in [0.2, 0.25) is 0 Å². The normalized spacial score (nSPS) is 25.5. The van der Waals surface area contributed by atoms with Crippen LogP contribution in [0.3, 0.4) is 0 Å². The highest BCUT2D eigenvalue weighted by Crippen LogP contribution is 2.30. The predicted octanol–water partition coefficient (Wildman–Crippen LogP) is 4.15. The van der Waals surface area contributed by atoms with Gasteiger partial charge in [0.2, 0.25) is 0 Å². The van der Waals surface area contributed by atoms with Gasteiger partial charge >= 0.3 is 6.18 Å².